The molecule has 5 heteroatoms. The fourth-order valence-electron chi connectivity index (χ4n) is 7.62. The lowest BCUT2D eigenvalue weighted by molar-refractivity contribution is -0.145. The Labute approximate surface area is 227 Å². The molecule has 2 unspecified atom stereocenters. The van der Waals surface area contributed by atoms with Crippen LogP contribution in [0.15, 0.2) is 66.3 Å². The second kappa shape index (κ2) is 11.0. The fourth-order valence-corrected chi connectivity index (χ4v) is 7.62. The highest BCUT2D eigenvalue weighted by atomic mass is 19.1. The van der Waals surface area contributed by atoms with E-state index in [1.165, 1.54) is 11.6 Å². The van der Waals surface area contributed by atoms with E-state index >= 15 is 0 Å². The standard InChI is InChI=1S/C33H39FO4.H2/c1-5-37-32(35)20(3)23-11-14-28-25(16-23)18-30-31(21(4)38-33(30)36)29(28)13-10-22-9-12-27(19(2)15-22)24-7-6-8-26(34)17-24;/h6-10,12-13,17,19,21,23,25,28-31H,3,5,11,14-16,18H2,1-2,4H3;1H/b13-10+;/t19?,21-,23-,25+,28+,29?,30+,31+;/m1./s1. The highest BCUT2D eigenvalue weighted by Crippen LogP contribution is 2.55. The number of fused-ring (bicyclic) bond motifs is 2. The summed E-state index contributed by atoms with van der Waals surface area (Å²) in [5.41, 5.74) is 3.91. The largest absolute Gasteiger partial charge is 0.463 e. The minimum atomic E-state index is -0.293. The molecule has 0 spiro atoms. The number of esters is 2. The molecule has 4 nitrogen and oxygen atoms in total. The van der Waals surface area contributed by atoms with Gasteiger partial charge in [0.05, 0.1) is 12.5 Å². The first kappa shape index (κ1) is 26.6. The maximum atomic E-state index is 13.8. The van der Waals surface area contributed by atoms with Gasteiger partial charge in [0.2, 0.25) is 0 Å². The first-order valence-corrected chi connectivity index (χ1v) is 14.2. The molecule has 3 aliphatic carbocycles. The predicted octanol–water partition coefficient (Wildman–Crippen LogP) is 7.33. The van der Waals surface area contributed by atoms with Crippen molar-refractivity contribution in [3.63, 3.8) is 0 Å². The average Bonchev–Trinajstić information content (AvgIpc) is 3.18. The van der Waals surface area contributed by atoms with Crippen molar-refractivity contribution in [3.8, 4) is 0 Å². The smallest absolute Gasteiger partial charge is 0.333 e. The van der Waals surface area contributed by atoms with Crippen molar-refractivity contribution in [2.75, 3.05) is 6.61 Å². The van der Waals surface area contributed by atoms with Crippen LogP contribution in [0.5, 0.6) is 0 Å². The average molecular weight is 521 g/mol. The van der Waals surface area contributed by atoms with E-state index in [1.807, 2.05) is 19.9 Å². The maximum absolute atomic E-state index is 13.8. The van der Waals surface area contributed by atoms with E-state index < -0.39 is 0 Å². The van der Waals surface area contributed by atoms with Crippen LogP contribution in [0.4, 0.5) is 4.39 Å². The van der Waals surface area contributed by atoms with E-state index in [2.05, 4.69) is 37.8 Å². The van der Waals surface area contributed by atoms with Crippen molar-refractivity contribution < 1.29 is 24.9 Å². The molecule has 0 amide bonds. The molecule has 1 aliphatic heterocycles. The third-order valence-electron chi connectivity index (χ3n) is 9.42. The van der Waals surface area contributed by atoms with Crippen LogP contribution in [0.1, 0.15) is 59.9 Å². The summed E-state index contributed by atoms with van der Waals surface area (Å²) >= 11 is 0. The number of allylic oxidation sites excluding steroid dienone is 6. The maximum Gasteiger partial charge on any atom is 0.333 e. The van der Waals surface area contributed by atoms with Gasteiger partial charge in [-0.25, -0.2) is 9.18 Å². The first-order valence-electron chi connectivity index (χ1n) is 14.2. The summed E-state index contributed by atoms with van der Waals surface area (Å²) < 4.78 is 24.7. The SMILES string of the molecule is C=C(C(=O)OCC)[C@@H]1CC[C@@H]2C(/C=C/C3=CC=C(c4cccc(F)c4)C(C)C3)[C@H]3[C@H](C[C@@H]2C1)C(=O)O[C@@H]3C.[HH]. The summed E-state index contributed by atoms with van der Waals surface area (Å²) in [6, 6.07) is 6.81. The third-order valence-corrected chi connectivity index (χ3v) is 9.42. The number of rotatable bonds is 6. The Balaban J connectivity index is 0.00000353. The van der Waals surface area contributed by atoms with E-state index in [0.717, 1.165) is 43.2 Å². The number of halogens is 1. The Hall–Kier alpha value is -2.95. The van der Waals surface area contributed by atoms with Crippen molar-refractivity contribution in [1.82, 2.24) is 0 Å². The van der Waals surface area contributed by atoms with E-state index in [1.54, 1.807) is 12.1 Å². The van der Waals surface area contributed by atoms with Crippen molar-refractivity contribution in [1.29, 1.82) is 0 Å². The number of benzene rings is 1. The summed E-state index contributed by atoms with van der Waals surface area (Å²) in [5.74, 6) is 0.976. The van der Waals surface area contributed by atoms with Crippen molar-refractivity contribution >= 4 is 17.5 Å². The van der Waals surface area contributed by atoms with E-state index in [-0.39, 0.29) is 54.9 Å². The molecule has 5 rings (SSSR count). The fraction of sp³-hybridized carbons (Fsp3) is 0.515. The molecule has 0 N–H and O–H groups in total. The minimum absolute atomic E-state index is 0. The lowest BCUT2D eigenvalue weighted by atomic mass is 9.55. The quantitative estimate of drug-likeness (QED) is 0.291. The lowest BCUT2D eigenvalue weighted by Crippen LogP contribution is -2.44. The molecule has 1 saturated heterocycles. The number of hydrogen-bond acceptors (Lipinski definition) is 4. The summed E-state index contributed by atoms with van der Waals surface area (Å²) in [4.78, 5) is 25.1. The second-order valence-electron chi connectivity index (χ2n) is 11.7. The number of carbonyl (C=O) groups is 2. The van der Waals surface area contributed by atoms with Crippen LogP contribution in [0.2, 0.25) is 0 Å². The van der Waals surface area contributed by atoms with Gasteiger partial charge in [0.25, 0.3) is 0 Å². The number of carbonyl (C=O) groups excluding carboxylic acids is 2. The van der Waals surface area contributed by atoms with Gasteiger partial charge in [-0.1, -0.05) is 49.9 Å². The van der Waals surface area contributed by atoms with Gasteiger partial charge in [-0.2, -0.15) is 0 Å². The molecule has 204 valence electrons. The van der Waals surface area contributed by atoms with Gasteiger partial charge in [0.15, 0.2) is 0 Å². The monoisotopic (exact) mass is 520 g/mol. The normalized spacial score (nSPS) is 34.6. The van der Waals surface area contributed by atoms with Crippen molar-refractivity contribution in [3.05, 3.63) is 77.7 Å². The summed E-state index contributed by atoms with van der Waals surface area (Å²) in [7, 11) is 0. The van der Waals surface area contributed by atoms with E-state index in [9.17, 15) is 14.0 Å². The van der Waals surface area contributed by atoms with Gasteiger partial charge in [-0.15, -0.1) is 0 Å². The van der Waals surface area contributed by atoms with Gasteiger partial charge in [0.1, 0.15) is 11.9 Å². The van der Waals surface area contributed by atoms with Crippen LogP contribution < -0.4 is 0 Å². The zero-order valence-corrected chi connectivity index (χ0v) is 22.7. The summed E-state index contributed by atoms with van der Waals surface area (Å²) in [6.45, 7) is 10.5. The zero-order chi connectivity index (χ0) is 27.0. The highest BCUT2D eigenvalue weighted by Gasteiger charge is 2.54. The summed E-state index contributed by atoms with van der Waals surface area (Å²) in [5, 5.41) is 0. The Morgan fingerprint density at radius 1 is 1.24 bits per heavy atom. The van der Waals surface area contributed by atoms with Gasteiger partial charge >= 0.3 is 11.9 Å². The Kier molecular flexibility index (Phi) is 7.74. The second-order valence-corrected chi connectivity index (χ2v) is 11.7. The van der Waals surface area contributed by atoms with Crippen LogP contribution in [0, 0.1) is 47.2 Å². The van der Waals surface area contributed by atoms with Gasteiger partial charge in [0, 0.05) is 12.9 Å². The zero-order valence-electron chi connectivity index (χ0n) is 22.7. The topological polar surface area (TPSA) is 52.6 Å². The molecule has 0 radical (unpaired) electrons. The van der Waals surface area contributed by atoms with Crippen LogP contribution in [-0.4, -0.2) is 24.6 Å². The Morgan fingerprint density at radius 2 is 2.05 bits per heavy atom. The molecule has 0 bridgehead atoms. The molecule has 3 fully saturated rings. The number of cyclic esters (lactones) is 1. The summed E-state index contributed by atoms with van der Waals surface area (Å²) in [6.07, 6.45) is 13.3. The molecule has 1 aromatic rings. The Morgan fingerprint density at radius 3 is 2.79 bits per heavy atom. The van der Waals surface area contributed by atoms with Gasteiger partial charge in [-0.05, 0) is 104 Å². The van der Waals surface area contributed by atoms with E-state index in [0.29, 0.717) is 24.0 Å². The Bertz CT molecular complexity index is 1200. The molecule has 0 aromatic heterocycles. The van der Waals surface area contributed by atoms with Crippen LogP contribution in [0.3, 0.4) is 0 Å². The minimum Gasteiger partial charge on any atom is -0.463 e. The molecule has 4 aliphatic rings. The van der Waals surface area contributed by atoms with Gasteiger partial charge < -0.3 is 9.47 Å². The molecule has 1 heterocycles. The molecule has 8 atom stereocenters. The van der Waals surface area contributed by atoms with Crippen LogP contribution >= 0.6 is 0 Å². The van der Waals surface area contributed by atoms with Crippen molar-refractivity contribution in [2.45, 2.75) is 59.0 Å². The van der Waals surface area contributed by atoms with Crippen molar-refractivity contribution in [2.24, 2.45) is 41.4 Å². The predicted molar refractivity (Wildman–Crippen MR) is 148 cm³/mol. The van der Waals surface area contributed by atoms with Crippen LogP contribution in [-0.2, 0) is 19.1 Å². The molecule has 38 heavy (non-hydrogen) atoms. The van der Waals surface area contributed by atoms with Crippen LogP contribution in [0.25, 0.3) is 5.57 Å². The lowest BCUT2D eigenvalue weighted by Gasteiger charge is -2.47. The number of ether oxygens (including phenoxy) is 2. The molecular formula is C33H41FO4. The van der Waals surface area contributed by atoms with Gasteiger partial charge in [-0.3, -0.25) is 4.79 Å². The first-order chi connectivity index (χ1) is 18.3. The molecule has 2 saturated carbocycles. The third kappa shape index (κ3) is 5.17. The molecular weight excluding hydrogens is 479 g/mol. The highest BCUT2D eigenvalue weighted by molar-refractivity contribution is 5.88. The molecule has 1 aromatic carbocycles. The van der Waals surface area contributed by atoms with E-state index in [4.69, 9.17) is 9.47 Å². The number of hydrogen-bond donors (Lipinski definition) is 0.